The SMILES string of the molecule is C=CCCC(=O)NC[C@@H](C)OC(=O)[C@H]1[C@@H]2O[C@@]3(CC2Br)[C@@H]1C(=O)N([C@@H](CO)Cc1ccccc1)[C@@H]3C(=O)N(CC=C)C(C)CCC. The molecule has 3 amide bonds. The maximum atomic E-state index is 14.7. The van der Waals surface area contributed by atoms with Gasteiger partial charge >= 0.3 is 5.97 Å². The summed E-state index contributed by atoms with van der Waals surface area (Å²) in [5.74, 6) is -3.41. The van der Waals surface area contributed by atoms with E-state index in [0.29, 0.717) is 19.3 Å². The number of nitrogens with one attached hydrogen (secondary N) is 1. The molecule has 10 nitrogen and oxygen atoms in total. The number of alkyl halides is 1. The van der Waals surface area contributed by atoms with Crippen LogP contribution in [-0.4, -0.2) is 99.1 Å². The van der Waals surface area contributed by atoms with Crippen LogP contribution in [0.25, 0.3) is 0 Å². The van der Waals surface area contributed by atoms with E-state index >= 15 is 0 Å². The molecule has 2 bridgehead atoms. The smallest absolute Gasteiger partial charge is 0.312 e. The van der Waals surface area contributed by atoms with Gasteiger partial charge in [0.1, 0.15) is 17.7 Å². The number of hydrogen-bond acceptors (Lipinski definition) is 7. The van der Waals surface area contributed by atoms with Gasteiger partial charge in [0.2, 0.25) is 17.7 Å². The van der Waals surface area contributed by atoms with Crippen LogP contribution in [0.4, 0.5) is 0 Å². The number of amides is 3. The van der Waals surface area contributed by atoms with Crippen LogP contribution in [0.2, 0.25) is 0 Å². The third-order valence-electron chi connectivity index (χ3n) is 9.48. The van der Waals surface area contributed by atoms with Crippen LogP contribution in [-0.2, 0) is 35.1 Å². The lowest BCUT2D eigenvalue weighted by Crippen LogP contribution is -2.60. The van der Waals surface area contributed by atoms with Crippen molar-refractivity contribution in [2.45, 2.75) is 100 Å². The van der Waals surface area contributed by atoms with Gasteiger partial charge < -0.3 is 29.7 Å². The summed E-state index contributed by atoms with van der Waals surface area (Å²) < 4.78 is 12.5. The van der Waals surface area contributed by atoms with E-state index in [1.165, 1.54) is 4.90 Å². The monoisotopic (exact) mass is 701 g/mol. The number of likely N-dealkylation sites (tertiary alicyclic amines) is 1. The number of aliphatic hydroxyl groups excluding tert-OH is 1. The number of carbonyl (C=O) groups is 4. The van der Waals surface area contributed by atoms with Crippen molar-refractivity contribution in [3.63, 3.8) is 0 Å². The van der Waals surface area contributed by atoms with Crippen LogP contribution < -0.4 is 5.32 Å². The molecule has 1 spiro atoms. The summed E-state index contributed by atoms with van der Waals surface area (Å²) in [7, 11) is 0. The standard InChI is InChI=1S/C35H48BrN3O7/c1-6-9-16-27(41)37-20-23(5)45-34(44)28-29-32(42)39(25(21-40)18-24-14-11-10-12-15-24)31(35(29)19-26(36)30(28)46-35)33(43)38(17-8-3)22(4)13-7-2/h6,8,10-12,14-15,22-23,25-26,28-31,40H,1,3,7,9,13,16-21H2,2,4-5H3,(H,37,41)/t22?,23-,25-,26?,28-,29+,30-,31-,35+/m1/s1. The molecule has 9 atom stereocenters. The third-order valence-corrected chi connectivity index (χ3v) is 10.3. The maximum absolute atomic E-state index is 14.7. The molecule has 11 heteroatoms. The van der Waals surface area contributed by atoms with Gasteiger partial charge in [0.05, 0.1) is 37.1 Å². The van der Waals surface area contributed by atoms with Gasteiger partial charge in [-0.2, -0.15) is 0 Å². The normalized spacial score (nSPS) is 28.2. The van der Waals surface area contributed by atoms with Crippen LogP contribution in [0, 0.1) is 11.8 Å². The summed E-state index contributed by atoms with van der Waals surface area (Å²) in [6.07, 6.45) is 5.09. The first kappa shape index (κ1) is 35.8. The molecule has 3 saturated heterocycles. The lowest BCUT2D eigenvalue weighted by molar-refractivity contribution is -0.160. The molecule has 252 valence electrons. The Labute approximate surface area is 280 Å². The topological polar surface area (TPSA) is 125 Å². The molecule has 3 aliphatic rings. The number of carbonyl (C=O) groups excluding carboxylic acids is 4. The number of fused-ring (bicyclic) bond motifs is 1. The largest absolute Gasteiger partial charge is 0.460 e. The second-order valence-electron chi connectivity index (χ2n) is 12.7. The molecular weight excluding hydrogens is 654 g/mol. The molecule has 0 aliphatic carbocycles. The summed E-state index contributed by atoms with van der Waals surface area (Å²) in [6.45, 7) is 13.2. The Kier molecular flexibility index (Phi) is 12.2. The van der Waals surface area contributed by atoms with Crippen molar-refractivity contribution >= 4 is 39.6 Å². The van der Waals surface area contributed by atoms with E-state index < -0.39 is 53.6 Å². The second kappa shape index (κ2) is 15.7. The van der Waals surface area contributed by atoms with Crippen molar-refractivity contribution < 1.29 is 33.8 Å². The van der Waals surface area contributed by atoms with E-state index in [1.807, 2.05) is 37.3 Å². The fourth-order valence-electron chi connectivity index (χ4n) is 7.40. The highest BCUT2D eigenvalue weighted by atomic mass is 79.9. The fraction of sp³-hybridized carbons (Fsp3) is 0.600. The Morgan fingerprint density at radius 2 is 1.96 bits per heavy atom. The van der Waals surface area contributed by atoms with Crippen molar-refractivity contribution in [2.24, 2.45) is 11.8 Å². The van der Waals surface area contributed by atoms with Gasteiger partial charge in [-0.25, -0.2) is 0 Å². The minimum Gasteiger partial charge on any atom is -0.460 e. The molecule has 46 heavy (non-hydrogen) atoms. The summed E-state index contributed by atoms with van der Waals surface area (Å²) in [6, 6.07) is 7.58. The summed E-state index contributed by atoms with van der Waals surface area (Å²) >= 11 is 3.70. The van der Waals surface area contributed by atoms with E-state index in [1.54, 1.807) is 24.0 Å². The summed E-state index contributed by atoms with van der Waals surface area (Å²) in [5, 5.41) is 13.5. The molecule has 4 rings (SSSR count). The molecule has 1 aromatic rings. The lowest BCUT2D eigenvalue weighted by atomic mass is 9.70. The van der Waals surface area contributed by atoms with E-state index in [4.69, 9.17) is 9.47 Å². The molecule has 2 unspecified atom stereocenters. The van der Waals surface area contributed by atoms with Crippen molar-refractivity contribution in [3.05, 3.63) is 61.2 Å². The highest BCUT2D eigenvalue weighted by Gasteiger charge is 2.77. The average molecular weight is 703 g/mol. The number of halogens is 1. The Bertz CT molecular complexity index is 1280. The second-order valence-corrected chi connectivity index (χ2v) is 13.9. The van der Waals surface area contributed by atoms with Crippen molar-refractivity contribution in [1.29, 1.82) is 0 Å². The zero-order chi connectivity index (χ0) is 33.6. The van der Waals surface area contributed by atoms with E-state index in [9.17, 15) is 24.3 Å². The van der Waals surface area contributed by atoms with Crippen LogP contribution in [0.3, 0.4) is 0 Å². The van der Waals surface area contributed by atoms with Crippen LogP contribution in [0.1, 0.15) is 58.4 Å². The Morgan fingerprint density at radius 3 is 2.59 bits per heavy atom. The van der Waals surface area contributed by atoms with E-state index in [0.717, 1.165) is 18.4 Å². The number of hydrogen-bond donors (Lipinski definition) is 2. The molecular formula is C35H48BrN3O7. The van der Waals surface area contributed by atoms with Gasteiger partial charge in [0.15, 0.2) is 0 Å². The number of nitrogens with zero attached hydrogens (tertiary/aromatic N) is 2. The quantitative estimate of drug-likeness (QED) is 0.145. The zero-order valence-corrected chi connectivity index (χ0v) is 28.7. The van der Waals surface area contributed by atoms with Crippen molar-refractivity contribution in [3.8, 4) is 0 Å². The molecule has 3 aliphatic heterocycles. The Morgan fingerprint density at radius 1 is 1.24 bits per heavy atom. The summed E-state index contributed by atoms with van der Waals surface area (Å²) in [5.41, 5.74) is -0.394. The summed E-state index contributed by atoms with van der Waals surface area (Å²) in [4.78, 5) is 58.3. The van der Waals surface area contributed by atoms with Gasteiger partial charge in [-0.15, -0.1) is 13.2 Å². The zero-order valence-electron chi connectivity index (χ0n) is 27.1. The van der Waals surface area contributed by atoms with Gasteiger partial charge in [-0.05, 0) is 45.1 Å². The van der Waals surface area contributed by atoms with Crippen LogP contribution in [0.5, 0.6) is 0 Å². The number of allylic oxidation sites excluding steroid dienone is 1. The highest BCUT2D eigenvalue weighted by Crippen LogP contribution is 2.61. The van der Waals surface area contributed by atoms with E-state index in [-0.39, 0.29) is 48.8 Å². The first-order chi connectivity index (χ1) is 22.0. The molecule has 0 radical (unpaired) electrons. The molecule has 3 heterocycles. The Balaban J connectivity index is 1.69. The molecule has 0 aromatic heterocycles. The maximum Gasteiger partial charge on any atom is 0.312 e. The Hall–Kier alpha value is -3.02. The highest BCUT2D eigenvalue weighted by molar-refractivity contribution is 9.09. The number of benzene rings is 1. The third kappa shape index (κ3) is 7.11. The average Bonchev–Trinajstić information content (AvgIpc) is 3.63. The molecule has 0 saturated carbocycles. The van der Waals surface area contributed by atoms with Gasteiger partial charge in [0.25, 0.3) is 0 Å². The number of rotatable bonds is 17. The lowest BCUT2D eigenvalue weighted by Gasteiger charge is -2.41. The van der Waals surface area contributed by atoms with Gasteiger partial charge in [0, 0.05) is 23.8 Å². The minimum atomic E-state index is -1.30. The number of esters is 1. The fourth-order valence-corrected chi connectivity index (χ4v) is 8.34. The van der Waals surface area contributed by atoms with Crippen LogP contribution in [0.15, 0.2) is 55.6 Å². The van der Waals surface area contributed by atoms with Gasteiger partial charge in [-0.3, -0.25) is 19.2 Å². The first-order valence-electron chi connectivity index (χ1n) is 16.3. The van der Waals surface area contributed by atoms with Crippen molar-refractivity contribution in [2.75, 3.05) is 19.7 Å². The predicted molar refractivity (Wildman–Crippen MR) is 178 cm³/mol. The number of aliphatic hydroxyl groups is 1. The first-order valence-corrected chi connectivity index (χ1v) is 17.2. The van der Waals surface area contributed by atoms with E-state index in [2.05, 4.69) is 41.3 Å². The van der Waals surface area contributed by atoms with Crippen LogP contribution >= 0.6 is 15.9 Å². The molecule has 1 aromatic carbocycles. The number of ether oxygens (including phenoxy) is 2. The predicted octanol–water partition coefficient (Wildman–Crippen LogP) is 3.56. The molecule has 2 N–H and O–H groups in total. The van der Waals surface area contributed by atoms with Crippen molar-refractivity contribution in [1.82, 2.24) is 15.1 Å². The molecule has 3 fully saturated rings. The van der Waals surface area contributed by atoms with Gasteiger partial charge in [-0.1, -0.05) is 71.8 Å². The minimum absolute atomic E-state index is 0.115.